The van der Waals surface area contributed by atoms with Gasteiger partial charge in [0.05, 0.1) is 18.8 Å². The van der Waals surface area contributed by atoms with Gasteiger partial charge < -0.3 is 14.6 Å². The smallest absolute Gasteiger partial charge is 0.0700 e. The van der Waals surface area contributed by atoms with Gasteiger partial charge in [-0.05, 0) is 39.0 Å². The van der Waals surface area contributed by atoms with Gasteiger partial charge in [0, 0.05) is 34.5 Å². The van der Waals surface area contributed by atoms with Gasteiger partial charge >= 0.3 is 0 Å². The topological polar surface area (TPSA) is 55.8 Å². The number of rotatable bonds is 7. The van der Waals surface area contributed by atoms with Gasteiger partial charge in [-0.1, -0.05) is 6.42 Å². The number of fused-ring (bicyclic) bond motifs is 2. The molecular weight excluding hydrogens is 264 g/mol. The van der Waals surface area contributed by atoms with E-state index >= 15 is 0 Å². The summed E-state index contributed by atoms with van der Waals surface area (Å²) in [6.45, 7) is 4.44. The molecule has 2 heterocycles. The zero-order valence-electron chi connectivity index (χ0n) is 11.8. The maximum Gasteiger partial charge on any atom is 0.0700 e. The third-order valence-electron chi connectivity index (χ3n) is 4.21. The number of ether oxygens (including phenoxy) is 2. The third kappa shape index (κ3) is 4.25. The lowest BCUT2D eigenvalue weighted by molar-refractivity contribution is -0.0289. The molecule has 2 bridgehead atoms. The molecule has 2 aliphatic heterocycles. The molecule has 112 valence electrons. The molecule has 19 heavy (non-hydrogen) atoms. The highest BCUT2D eigenvalue weighted by atomic mass is 32.2. The molecule has 2 fully saturated rings. The summed E-state index contributed by atoms with van der Waals surface area (Å²) in [5.74, 6) is 0. The molecule has 2 aliphatic rings. The lowest BCUT2D eigenvalue weighted by Gasteiger charge is -2.43. The Bertz CT molecular complexity index is 292. The SMILES string of the molecule is CCOCCOCCC1(O)CC2CCCC(C1)S2=O. The van der Waals surface area contributed by atoms with Crippen molar-refractivity contribution in [2.45, 2.75) is 61.5 Å². The molecular formula is C14H26O4S. The molecule has 0 aromatic rings. The van der Waals surface area contributed by atoms with Crippen LogP contribution in [0.15, 0.2) is 0 Å². The molecule has 5 heteroatoms. The molecule has 2 unspecified atom stereocenters. The quantitative estimate of drug-likeness (QED) is 0.724. The van der Waals surface area contributed by atoms with Crippen LogP contribution >= 0.6 is 0 Å². The first kappa shape index (κ1) is 15.4. The van der Waals surface area contributed by atoms with Gasteiger partial charge in [0.15, 0.2) is 0 Å². The molecule has 0 aromatic carbocycles. The second kappa shape index (κ2) is 7.16. The van der Waals surface area contributed by atoms with Crippen molar-refractivity contribution < 1.29 is 18.8 Å². The van der Waals surface area contributed by atoms with Gasteiger partial charge in [-0.2, -0.15) is 0 Å². The average Bonchev–Trinajstić information content (AvgIpc) is 2.36. The van der Waals surface area contributed by atoms with E-state index in [-0.39, 0.29) is 10.5 Å². The summed E-state index contributed by atoms with van der Waals surface area (Å²) in [6, 6.07) is 0. The van der Waals surface area contributed by atoms with Gasteiger partial charge in [-0.3, -0.25) is 4.21 Å². The molecule has 0 aliphatic carbocycles. The molecule has 2 rings (SSSR count). The minimum atomic E-state index is -0.715. The summed E-state index contributed by atoms with van der Waals surface area (Å²) < 4.78 is 22.8. The molecule has 0 spiro atoms. The molecule has 0 radical (unpaired) electrons. The van der Waals surface area contributed by atoms with Crippen LogP contribution in [0.3, 0.4) is 0 Å². The Kier molecular flexibility index (Phi) is 5.81. The Balaban J connectivity index is 1.72. The number of hydrogen-bond donors (Lipinski definition) is 1. The van der Waals surface area contributed by atoms with E-state index in [0.29, 0.717) is 45.7 Å². The van der Waals surface area contributed by atoms with E-state index in [9.17, 15) is 9.32 Å². The molecule has 2 atom stereocenters. The second-order valence-corrected chi connectivity index (χ2v) is 7.69. The zero-order chi connectivity index (χ0) is 13.7. The summed E-state index contributed by atoms with van der Waals surface area (Å²) in [5, 5.41) is 11.1. The Morgan fingerprint density at radius 1 is 1.16 bits per heavy atom. The standard InChI is InChI=1S/C14H26O4S/c1-2-17-8-9-18-7-6-14(15)10-12-4-3-5-13(11-14)19(12)16/h12-13,15H,2-11H2,1H3. The average molecular weight is 290 g/mol. The Morgan fingerprint density at radius 2 is 1.79 bits per heavy atom. The van der Waals surface area contributed by atoms with Crippen molar-refractivity contribution in [3.05, 3.63) is 0 Å². The molecule has 2 saturated heterocycles. The van der Waals surface area contributed by atoms with Gasteiger partial charge in [0.1, 0.15) is 0 Å². The van der Waals surface area contributed by atoms with Gasteiger partial charge in [0.2, 0.25) is 0 Å². The first-order valence-corrected chi connectivity index (χ1v) is 8.69. The van der Waals surface area contributed by atoms with Crippen LogP contribution in [0.1, 0.15) is 45.4 Å². The third-order valence-corrected chi connectivity index (χ3v) is 6.33. The molecule has 0 aromatic heterocycles. The molecule has 0 amide bonds. The van der Waals surface area contributed by atoms with Gasteiger partial charge in [-0.15, -0.1) is 0 Å². The molecule has 4 nitrogen and oxygen atoms in total. The van der Waals surface area contributed by atoms with Crippen LogP contribution in [0.25, 0.3) is 0 Å². The Labute approximate surface area is 118 Å². The van der Waals surface area contributed by atoms with Gasteiger partial charge in [0.25, 0.3) is 0 Å². The van der Waals surface area contributed by atoms with Crippen molar-refractivity contribution in [1.29, 1.82) is 0 Å². The normalized spacial score (nSPS) is 38.3. The predicted molar refractivity (Wildman–Crippen MR) is 75.7 cm³/mol. The highest BCUT2D eigenvalue weighted by molar-refractivity contribution is 7.86. The highest BCUT2D eigenvalue weighted by Crippen LogP contribution is 2.40. The van der Waals surface area contributed by atoms with Crippen LogP contribution in [-0.2, 0) is 20.3 Å². The van der Waals surface area contributed by atoms with E-state index in [2.05, 4.69) is 0 Å². The van der Waals surface area contributed by atoms with E-state index in [1.165, 1.54) is 6.42 Å². The van der Waals surface area contributed by atoms with Crippen molar-refractivity contribution in [2.24, 2.45) is 0 Å². The van der Waals surface area contributed by atoms with Crippen LogP contribution in [-0.4, -0.2) is 51.8 Å². The summed E-state index contributed by atoms with van der Waals surface area (Å²) in [5.41, 5.74) is -0.657. The summed E-state index contributed by atoms with van der Waals surface area (Å²) >= 11 is 0. The fourth-order valence-corrected chi connectivity index (χ4v) is 5.50. The van der Waals surface area contributed by atoms with Gasteiger partial charge in [-0.25, -0.2) is 0 Å². The maximum atomic E-state index is 12.1. The first-order chi connectivity index (χ1) is 9.14. The lowest BCUT2D eigenvalue weighted by atomic mass is 9.83. The highest BCUT2D eigenvalue weighted by Gasteiger charge is 2.45. The predicted octanol–water partition coefficient (Wildman–Crippen LogP) is 1.62. The summed E-state index contributed by atoms with van der Waals surface area (Å²) in [6.07, 6.45) is 5.22. The number of aliphatic hydroxyl groups is 1. The largest absolute Gasteiger partial charge is 0.390 e. The van der Waals surface area contributed by atoms with Crippen molar-refractivity contribution in [3.63, 3.8) is 0 Å². The van der Waals surface area contributed by atoms with Crippen LogP contribution in [0.4, 0.5) is 0 Å². The molecule has 0 saturated carbocycles. The molecule has 1 N–H and O–H groups in total. The van der Waals surface area contributed by atoms with Crippen molar-refractivity contribution in [1.82, 2.24) is 0 Å². The van der Waals surface area contributed by atoms with Crippen LogP contribution in [0.2, 0.25) is 0 Å². The van der Waals surface area contributed by atoms with E-state index in [4.69, 9.17) is 9.47 Å². The van der Waals surface area contributed by atoms with E-state index in [0.717, 1.165) is 12.8 Å². The monoisotopic (exact) mass is 290 g/mol. The zero-order valence-corrected chi connectivity index (χ0v) is 12.6. The summed E-state index contributed by atoms with van der Waals surface area (Å²) in [7, 11) is -0.715. The maximum absolute atomic E-state index is 12.1. The van der Waals surface area contributed by atoms with Crippen LogP contribution in [0.5, 0.6) is 0 Å². The lowest BCUT2D eigenvalue weighted by Crippen LogP contribution is -2.49. The fourth-order valence-electron chi connectivity index (χ4n) is 3.21. The number of hydrogen-bond acceptors (Lipinski definition) is 4. The Morgan fingerprint density at radius 3 is 2.42 bits per heavy atom. The van der Waals surface area contributed by atoms with E-state index in [1.807, 2.05) is 6.92 Å². The second-order valence-electron chi connectivity index (χ2n) is 5.70. The van der Waals surface area contributed by atoms with Crippen molar-refractivity contribution in [2.75, 3.05) is 26.4 Å². The Hall–Kier alpha value is 0.0300. The van der Waals surface area contributed by atoms with Crippen molar-refractivity contribution in [3.8, 4) is 0 Å². The minimum Gasteiger partial charge on any atom is -0.390 e. The van der Waals surface area contributed by atoms with E-state index < -0.39 is 16.4 Å². The minimum absolute atomic E-state index is 0.209. The van der Waals surface area contributed by atoms with Crippen LogP contribution in [0, 0.1) is 0 Å². The fraction of sp³-hybridized carbons (Fsp3) is 1.00. The summed E-state index contributed by atoms with van der Waals surface area (Å²) in [4.78, 5) is 0. The van der Waals surface area contributed by atoms with E-state index in [1.54, 1.807) is 0 Å². The van der Waals surface area contributed by atoms with Crippen LogP contribution < -0.4 is 0 Å². The first-order valence-electron chi connectivity index (χ1n) is 7.42. The van der Waals surface area contributed by atoms with Crippen molar-refractivity contribution >= 4 is 10.8 Å².